The second-order valence-electron chi connectivity index (χ2n) is 4.43. The van der Waals surface area contributed by atoms with Crippen molar-refractivity contribution in [2.45, 2.75) is 31.0 Å². The molecule has 1 rings (SSSR count). The van der Waals surface area contributed by atoms with Gasteiger partial charge < -0.3 is 25.0 Å². The van der Waals surface area contributed by atoms with Gasteiger partial charge in [0.15, 0.2) is 0 Å². The normalized spacial score (nSPS) is 20.4. The summed E-state index contributed by atoms with van der Waals surface area (Å²) in [6, 6.07) is 0. The summed E-state index contributed by atoms with van der Waals surface area (Å²) in [5.74, 6) is 0. The zero-order valence-corrected chi connectivity index (χ0v) is 9.95. The third kappa shape index (κ3) is 5.23. The van der Waals surface area contributed by atoms with Crippen molar-refractivity contribution >= 4 is 0 Å². The molecule has 0 saturated heterocycles. The van der Waals surface area contributed by atoms with Crippen LogP contribution >= 0.6 is 0 Å². The van der Waals surface area contributed by atoms with Gasteiger partial charge in [-0.25, -0.2) is 0 Å². The number of hydrogen-bond acceptors (Lipinski definition) is 5. The predicted molar refractivity (Wildman–Crippen MR) is 60.4 cm³/mol. The van der Waals surface area contributed by atoms with Gasteiger partial charge in [0.05, 0.1) is 31.5 Å². The molecule has 0 spiro atoms. The Morgan fingerprint density at radius 3 is 2.69 bits per heavy atom. The highest BCUT2D eigenvalue weighted by atomic mass is 16.5. The van der Waals surface area contributed by atoms with Crippen molar-refractivity contribution in [1.29, 1.82) is 0 Å². The summed E-state index contributed by atoms with van der Waals surface area (Å²) in [5, 5.41) is 22.4. The number of rotatable bonds is 9. The molecule has 0 aromatic heterocycles. The van der Waals surface area contributed by atoms with Crippen LogP contribution in [0.5, 0.6) is 0 Å². The van der Waals surface area contributed by atoms with Crippen LogP contribution in [0.3, 0.4) is 0 Å². The second kappa shape index (κ2) is 7.19. The number of ether oxygens (including phenoxy) is 2. The van der Waals surface area contributed by atoms with E-state index in [9.17, 15) is 10.2 Å². The Kier molecular flexibility index (Phi) is 6.23. The third-order valence-corrected chi connectivity index (χ3v) is 2.86. The van der Waals surface area contributed by atoms with E-state index in [2.05, 4.69) is 5.32 Å². The SMILES string of the molecule is COCCOCC(O)CNCC1(O)CCC1. The maximum Gasteiger partial charge on any atom is 0.0897 e. The summed E-state index contributed by atoms with van der Waals surface area (Å²) in [6.07, 6.45) is 2.29. The first-order chi connectivity index (χ1) is 7.66. The highest BCUT2D eigenvalue weighted by molar-refractivity contribution is 4.89. The van der Waals surface area contributed by atoms with Crippen LogP contribution in [-0.4, -0.2) is 61.9 Å². The molecule has 1 aliphatic carbocycles. The fraction of sp³-hybridized carbons (Fsp3) is 1.00. The van der Waals surface area contributed by atoms with Crippen LogP contribution in [0, 0.1) is 0 Å². The Hall–Kier alpha value is -0.200. The van der Waals surface area contributed by atoms with Gasteiger partial charge in [-0.1, -0.05) is 0 Å². The van der Waals surface area contributed by atoms with Gasteiger partial charge in [-0.3, -0.25) is 0 Å². The monoisotopic (exact) mass is 233 g/mol. The molecule has 1 saturated carbocycles. The lowest BCUT2D eigenvalue weighted by atomic mass is 9.80. The summed E-state index contributed by atoms with van der Waals surface area (Å²) in [4.78, 5) is 0. The van der Waals surface area contributed by atoms with Gasteiger partial charge in [0.2, 0.25) is 0 Å². The van der Waals surface area contributed by atoms with Crippen LogP contribution < -0.4 is 5.32 Å². The van der Waals surface area contributed by atoms with E-state index in [1.165, 1.54) is 0 Å². The molecule has 5 nitrogen and oxygen atoms in total. The van der Waals surface area contributed by atoms with Gasteiger partial charge in [-0.05, 0) is 19.3 Å². The molecule has 1 fully saturated rings. The lowest BCUT2D eigenvalue weighted by Crippen LogP contribution is -2.48. The van der Waals surface area contributed by atoms with Crippen molar-refractivity contribution in [3.63, 3.8) is 0 Å². The average Bonchev–Trinajstić information content (AvgIpc) is 2.22. The molecular weight excluding hydrogens is 210 g/mol. The van der Waals surface area contributed by atoms with Crippen molar-refractivity contribution in [2.75, 3.05) is 40.0 Å². The van der Waals surface area contributed by atoms with Crippen LogP contribution in [0.1, 0.15) is 19.3 Å². The Labute approximate surface area is 96.7 Å². The van der Waals surface area contributed by atoms with Gasteiger partial charge in [-0.15, -0.1) is 0 Å². The van der Waals surface area contributed by atoms with E-state index in [0.29, 0.717) is 32.9 Å². The lowest BCUT2D eigenvalue weighted by Gasteiger charge is -2.36. The van der Waals surface area contributed by atoms with Gasteiger partial charge in [0.25, 0.3) is 0 Å². The van der Waals surface area contributed by atoms with Crippen molar-refractivity contribution in [3.05, 3.63) is 0 Å². The largest absolute Gasteiger partial charge is 0.389 e. The maximum atomic E-state index is 9.78. The molecule has 16 heavy (non-hydrogen) atoms. The van der Waals surface area contributed by atoms with Gasteiger partial charge >= 0.3 is 0 Å². The number of hydrogen-bond donors (Lipinski definition) is 3. The van der Waals surface area contributed by atoms with E-state index in [4.69, 9.17) is 9.47 Å². The van der Waals surface area contributed by atoms with Crippen molar-refractivity contribution in [1.82, 2.24) is 5.32 Å². The van der Waals surface area contributed by atoms with Crippen molar-refractivity contribution in [2.24, 2.45) is 0 Å². The molecule has 1 unspecified atom stereocenters. The number of aliphatic hydroxyl groups excluding tert-OH is 1. The van der Waals surface area contributed by atoms with Gasteiger partial charge in [-0.2, -0.15) is 0 Å². The van der Waals surface area contributed by atoms with Crippen LogP contribution in [0.2, 0.25) is 0 Å². The second-order valence-corrected chi connectivity index (χ2v) is 4.43. The molecule has 0 aromatic carbocycles. The quantitative estimate of drug-likeness (QED) is 0.469. The zero-order valence-electron chi connectivity index (χ0n) is 9.95. The Bertz CT molecular complexity index is 185. The maximum absolute atomic E-state index is 9.78. The number of nitrogens with one attached hydrogen (secondary N) is 1. The van der Waals surface area contributed by atoms with Crippen LogP contribution in [0.4, 0.5) is 0 Å². The Morgan fingerprint density at radius 2 is 2.12 bits per heavy atom. The van der Waals surface area contributed by atoms with E-state index >= 15 is 0 Å². The minimum atomic E-state index is -0.531. The molecule has 0 aromatic rings. The van der Waals surface area contributed by atoms with Crippen LogP contribution in [-0.2, 0) is 9.47 Å². The average molecular weight is 233 g/mol. The molecule has 1 atom stereocenters. The minimum Gasteiger partial charge on any atom is -0.389 e. The molecule has 5 heteroatoms. The molecule has 0 bridgehead atoms. The third-order valence-electron chi connectivity index (χ3n) is 2.86. The molecule has 0 aliphatic heterocycles. The molecule has 96 valence electrons. The van der Waals surface area contributed by atoms with E-state index in [0.717, 1.165) is 19.3 Å². The van der Waals surface area contributed by atoms with Gasteiger partial charge in [0, 0.05) is 20.2 Å². The summed E-state index contributed by atoms with van der Waals surface area (Å²) in [5.41, 5.74) is -0.531. The minimum absolute atomic E-state index is 0.300. The molecule has 1 aliphatic rings. The molecule has 3 N–H and O–H groups in total. The van der Waals surface area contributed by atoms with E-state index in [-0.39, 0.29) is 0 Å². The first-order valence-electron chi connectivity index (χ1n) is 5.84. The lowest BCUT2D eigenvalue weighted by molar-refractivity contribution is -0.0356. The smallest absolute Gasteiger partial charge is 0.0897 e. The standard InChI is InChI=1S/C11H23NO4/c1-15-5-6-16-8-10(13)7-12-9-11(14)3-2-4-11/h10,12-14H,2-9H2,1H3. The highest BCUT2D eigenvalue weighted by Crippen LogP contribution is 2.30. The summed E-state index contributed by atoms with van der Waals surface area (Å²) >= 11 is 0. The summed E-state index contributed by atoms with van der Waals surface area (Å²) in [6.45, 7) is 2.35. The fourth-order valence-corrected chi connectivity index (χ4v) is 1.65. The fourth-order valence-electron chi connectivity index (χ4n) is 1.65. The van der Waals surface area contributed by atoms with E-state index in [1.807, 2.05) is 0 Å². The predicted octanol–water partition coefficient (Wildman–Crippen LogP) is -0.485. The zero-order chi connectivity index (χ0) is 11.9. The Morgan fingerprint density at radius 1 is 1.38 bits per heavy atom. The van der Waals surface area contributed by atoms with E-state index in [1.54, 1.807) is 7.11 Å². The number of aliphatic hydroxyl groups is 2. The molecule has 0 amide bonds. The topological polar surface area (TPSA) is 71.0 Å². The molecule has 0 heterocycles. The molecule has 0 radical (unpaired) electrons. The van der Waals surface area contributed by atoms with Crippen LogP contribution in [0.25, 0.3) is 0 Å². The van der Waals surface area contributed by atoms with Gasteiger partial charge in [0.1, 0.15) is 0 Å². The highest BCUT2D eigenvalue weighted by Gasteiger charge is 2.33. The first kappa shape index (κ1) is 13.9. The summed E-state index contributed by atoms with van der Waals surface area (Å²) < 4.78 is 10.00. The van der Waals surface area contributed by atoms with Crippen molar-refractivity contribution in [3.8, 4) is 0 Å². The van der Waals surface area contributed by atoms with E-state index < -0.39 is 11.7 Å². The Balaban J connectivity index is 1.91. The summed E-state index contributed by atoms with van der Waals surface area (Å²) in [7, 11) is 1.61. The van der Waals surface area contributed by atoms with Crippen LogP contribution in [0.15, 0.2) is 0 Å². The first-order valence-corrected chi connectivity index (χ1v) is 5.84. The van der Waals surface area contributed by atoms with Crippen molar-refractivity contribution < 1.29 is 19.7 Å². The number of methoxy groups -OCH3 is 1. The molecular formula is C11H23NO4.